The van der Waals surface area contributed by atoms with Crippen LogP contribution in [-0.2, 0) is 9.47 Å². The lowest BCUT2D eigenvalue weighted by Crippen LogP contribution is -1.94. The zero-order valence-electron chi connectivity index (χ0n) is 5.18. The van der Waals surface area contributed by atoms with E-state index >= 15 is 0 Å². The molecule has 0 aliphatic rings. The van der Waals surface area contributed by atoms with Crippen molar-refractivity contribution in [1.82, 2.24) is 0 Å². The average Bonchev–Trinajstić information content (AvgIpc) is 1.66. The van der Waals surface area contributed by atoms with Crippen LogP contribution < -0.4 is 5.73 Å². The van der Waals surface area contributed by atoms with E-state index in [1.807, 2.05) is 0 Å². The summed E-state index contributed by atoms with van der Waals surface area (Å²) in [5.41, 5.74) is 5.85. The number of methoxy groups -OCH3 is 1. The van der Waals surface area contributed by atoms with E-state index in [1.54, 1.807) is 14.0 Å². The molecule has 0 rings (SSSR count). The number of hydrogen-bond donors (Lipinski definition) is 1. The number of allylic oxidation sites excluding steroid dienone is 1. The highest BCUT2D eigenvalue weighted by molar-refractivity contribution is 4.83. The molecule has 0 atom stereocenters. The first kappa shape index (κ1) is 7.30. The summed E-state index contributed by atoms with van der Waals surface area (Å²) >= 11 is 0. The van der Waals surface area contributed by atoms with Crippen molar-refractivity contribution in [3.63, 3.8) is 0 Å². The number of rotatable bonds is 3. The molecule has 0 aromatic carbocycles. The van der Waals surface area contributed by atoms with Crippen LogP contribution in [0.2, 0.25) is 0 Å². The topological polar surface area (TPSA) is 44.5 Å². The van der Waals surface area contributed by atoms with Gasteiger partial charge in [0.15, 0.2) is 6.79 Å². The molecule has 3 heteroatoms. The Balaban J connectivity index is 3.03. The molecule has 0 fully saturated rings. The highest BCUT2D eigenvalue weighted by Crippen LogP contribution is 1.81. The van der Waals surface area contributed by atoms with Crippen LogP contribution in [0.4, 0.5) is 0 Å². The van der Waals surface area contributed by atoms with E-state index in [0.717, 1.165) is 0 Å². The number of hydrogen-bond acceptors (Lipinski definition) is 3. The first-order chi connectivity index (χ1) is 3.77. The molecule has 2 N–H and O–H groups in total. The first-order valence-electron chi connectivity index (χ1n) is 2.30. The van der Waals surface area contributed by atoms with Gasteiger partial charge in [0.2, 0.25) is 0 Å². The summed E-state index contributed by atoms with van der Waals surface area (Å²) in [6.07, 6.45) is 1.45. The van der Waals surface area contributed by atoms with Crippen LogP contribution in [-0.4, -0.2) is 13.9 Å². The van der Waals surface area contributed by atoms with Gasteiger partial charge in [0.25, 0.3) is 0 Å². The van der Waals surface area contributed by atoms with Crippen molar-refractivity contribution in [2.75, 3.05) is 13.9 Å². The number of ether oxygens (including phenoxy) is 2. The largest absolute Gasteiger partial charge is 0.473 e. The Morgan fingerprint density at radius 2 is 2.38 bits per heavy atom. The van der Waals surface area contributed by atoms with E-state index in [2.05, 4.69) is 4.74 Å². The molecule has 0 aromatic rings. The average molecular weight is 117 g/mol. The van der Waals surface area contributed by atoms with Gasteiger partial charge in [0, 0.05) is 12.8 Å². The standard InChI is InChI=1S/C5H11NO2/c1-5(6)3-8-4-7-2/h3H,4,6H2,1-2H3/b5-3+. The van der Waals surface area contributed by atoms with Crippen LogP contribution in [0.1, 0.15) is 6.92 Å². The van der Waals surface area contributed by atoms with E-state index in [9.17, 15) is 0 Å². The molecule has 8 heavy (non-hydrogen) atoms. The molecular formula is C5H11NO2. The Hall–Kier alpha value is -0.700. The molecule has 0 heterocycles. The quantitative estimate of drug-likeness (QED) is 0.331. The van der Waals surface area contributed by atoms with Gasteiger partial charge in [-0.3, -0.25) is 0 Å². The lowest BCUT2D eigenvalue weighted by Gasteiger charge is -1.96. The first-order valence-corrected chi connectivity index (χ1v) is 2.30. The Kier molecular flexibility index (Phi) is 4.07. The van der Waals surface area contributed by atoms with Gasteiger partial charge in [0.1, 0.15) is 6.26 Å². The summed E-state index contributed by atoms with van der Waals surface area (Å²) < 4.78 is 9.30. The predicted molar refractivity (Wildman–Crippen MR) is 30.9 cm³/mol. The highest BCUT2D eigenvalue weighted by Gasteiger charge is 1.75. The third kappa shape index (κ3) is 5.30. The molecule has 3 nitrogen and oxygen atoms in total. The van der Waals surface area contributed by atoms with E-state index in [1.165, 1.54) is 6.26 Å². The Morgan fingerprint density at radius 3 is 2.75 bits per heavy atom. The molecule has 0 aliphatic heterocycles. The molecule has 0 aromatic heterocycles. The molecule has 48 valence electrons. The lowest BCUT2D eigenvalue weighted by molar-refractivity contribution is 0.0189. The zero-order chi connectivity index (χ0) is 6.41. The maximum atomic E-state index is 5.21. The second-order valence-electron chi connectivity index (χ2n) is 1.44. The monoisotopic (exact) mass is 117 g/mol. The van der Waals surface area contributed by atoms with Crippen molar-refractivity contribution in [2.45, 2.75) is 6.92 Å². The maximum absolute atomic E-state index is 5.21. The Labute approximate surface area is 49.1 Å². The fourth-order valence-corrected chi connectivity index (χ4v) is 0.234. The van der Waals surface area contributed by atoms with E-state index in [4.69, 9.17) is 10.5 Å². The van der Waals surface area contributed by atoms with Gasteiger partial charge in [-0.1, -0.05) is 0 Å². The van der Waals surface area contributed by atoms with Gasteiger partial charge in [-0.25, -0.2) is 0 Å². The third-order valence-electron chi connectivity index (χ3n) is 0.455. The number of nitrogens with two attached hydrogens (primary N) is 1. The van der Waals surface area contributed by atoms with Crippen LogP contribution in [0.3, 0.4) is 0 Å². The van der Waals surface area contributed by atoms with Gasteiger partial charge in [-0.2, -0.15) is 0 Å². The Morgan fingerprint density at radius 1 is 1.75 bits per heavy atom. The van der Waals surface area contributed by atoms with Crippen LogP contribution in [0.5, 0.6) is 0 Å². The fourth-order valence-electron chi connectivity index (χ4n) is 0.234. The molecule has 0 spiro atoms. The SMILES string of the molecule is COCO/C=C(\C)N. The smallest absolute Gasteiger partial charge is 0.187 e. The van der Waals surface area contributed by atoms with Gasteiger partial charge in [-0.05, 0) is 6.92 Å². The third-order valence-corrected chi connectivity index (χ3v) is 0.455. The van der Waals surface area contributed by atoms with Crippen molar-refractivity contribution < 1.29 is 9.47 Å². The van der Waals surface area contributed by atoms with Gasteiger partial charge < -0.3 is 15.2 Å². The van der Waals surface area contributed by atoms with Gasteiger partial charge in [-0.15, -0.1) is 0 Å². The summed E-state index contributed by atoms with van der Waals surface area (Å²) in [5, 5.41) is 0. The second-order valence-corrected chi connectivity index (χ2v) is 1.44. The van der Waals surface area contributed by atoms with Crippen LogP contribution in [0, 0.1) is 0 Å². The van der Waals surface area contributed by atoms with Gasteiger partial charge in [0.05, 0.1) is 0 Å². The molecule has 0 unspecified atom stereocenters. The van der Waals surface area contributed by atoms with E-state index < -0.39 is 0 Å². The molecule has 0 saturated heterocycles. The molecule has 0 bridgehead atoms. The predicted octanol–water partition coefficient (Wildman–Crippen LogP) is 0.427. The summed E-state index contributed by atoms with van der Waals surface area (Å²) in [5.74, 6) is 0. The van der Waals surface area contributed by atoms with Gasteiger partial charge >= 0.3 is 0 Å². The van der Waals surface area contributed by atoms with Crippen LogP contribution in [0.25, 0.3) is 0 Å². The summed E-state index contributed by atoms with van der Waals surface area (Å²) in [4.78, 5) is 0. The van der Waals surface area contributed by atoms with E-state index in [0.29, 0.717) is 5.70 Å². The normalized spacial score (nSPS) is 11.5. The highest BCUT2D eigenvalue weighted by atomic mass is 16.7. The van der Waals surface area contributed by atoms with Crippen molar-refractivity contribution in [3.05, 3.63) is 12.0 Å². The van der Waals surface area contributed by atoms with Crippen molar-refractivity contribution in [2.24, 2.45) is 5.73 Å². The van der Waals surface area contributed by atoms with Crippen molar-refractivity contribution in [3.8, 4) is 0 Å². The lowest BCUT2D eigenvalue weighted by atomic mass is 10.6. The minimum Gasteiger partial charge on any atom is -0.473 e. The van der Waals surface area contributed by atoms with E-state index in [-0.39, 0.29) is 6.79 Å². The van der Waals surface area contributed by atoms with Crippen LogP contribution in [0.15, 0.2) is 12.0 Å². The van der Waals surface area contributed by atoms with Crippen molar-refractivity contribution in [1.29, 1.82) is 0 Å². The molecule has 0 aliphatic carbocycles. The van der Waals surface area contributed by atoms with Crippen molar-refractivity contribution >= 4 is 0 Å². The Bertz CT molecular complexity index is 76.5. The molecule has 0 saturated carbocycles. The van der Waals surface area contributed by atoms with Crippen LogP contribution >= 0.6 is 0 Å². The molecular weight excluding hydrogens is 106 g/mol. The summed E-state index contributed by atoms with van der Waals surface area (Å²) in [6, 6.07) is 0. The molecule has 0 amide bonds. The minimum atomic E-state index is 0.258. The summed E-state index contributed by atoms with van der Waals surface area (Å²) in [7, 11) is 1.56. The fraction of sp³-hybridized carbons (Fsp3) is 0.600. The summed E-state index contributed by atoms with van der Waals surface area (Å²) in [6.45, 7) is 2.00. The second kappa shape index (κ2) is 4.46. The minimum absolute atomic E-state index is 0.258. The maximum Gasteiger partial charge on any atom is 0.187 e. The zero-order valence-corrected chi connectivity index (χ0v) is 5.18. The molecule has 0 radical (unpaired) electrons.